The lowest BCUT2D eigenvalue weighted by molar-refractivity contribution is -0.0195. The van der Waals surface area contributed by atoms with Gasteiger partial charge in [-0.25, -0.2) is 0 Å². The first kappa shape index (κ1) is 14.0. The van der Waals surface area contributed by atoms with E-state index in [1.54, 1.807) is 0 Å². The quantitative estimate of drug-likeness (QED) is 0.720. The van der Waals surface area contributed by atoms with Gasteiger partial charge in [-0.3, -0.25) is 0 Å². The summed E-state index contributed by atoms with van der Waals surface area (Å²) in [5.41, 5.74) is 0. The molecular weight excluding hydrogens is 198 g/mol. The Kier molecular flexibility index (Phi) is 7.06. The fraction of sp³-hybridized carbons (Fsp3) is 1.00. The smallest absolute Gasteiger partial charge is 0.0620 e. The highest BCUT2D eigenvalue weighted by molar-refractivity contribution is 4.75. The third kappa shape index (κ3) is 4.84. The minimum absolute atomic E-state index is 0.499. The zero-order valence-electron chi connectivity index (χ0n) is 11.3. The molecule has 96 valence electrons. The van der Waals surface area contributed by atoms with Gasteiger partial charge in [0.05, 0.1) is 12.7 Å². The van der Waals surface area contributed by atoms with Gasteiger partial charge >= 0.3 is 0 Å². The fourth-order valence-electron chi connectivity index (χ4n) is 2.58. The Bertz CT molecular complexity index is 172. The standard InChI is InChI=1S/C14H29NO/c1-4-10-15-12(3)11-16-14-9-7-6-8-13(14)5-2/h12-15H,4-11H2,1-3H3. The molecule has 0 aliphatic heterocycles. The highest BCUT2D eigenvalue weighted by atomic mass is 16.5. The molecule has 0 heterocycles. The monoisotopic (exact) mass is 227 g/mol. The van der Waals surface area contributed by atoms with Gasteiger partial charge in [-0.2, -0.15) is 0 Å². The molecule has 0 aromatic carbocycles. The van der Waals surface area contributed by atoms with Crippen LogP contribution in [0.1, 0.15) is 59.3 Å². The average Bonchev–Trinajstić information content (AvgIpc) is 2.34. The van der Waals surface area contributed by atoms with E-state index in [4.69, 9.17) is 4.74 Å². The molecule has 0 bridgehead atoms. The van der Waals surface area contributed by atoms with Crippen molar-refractivity contribution in [3.63, 3.8) is 0 Å². The van der Waals surface area contributed by atoms with Crippen LogP contribution in [-0.4, -0.2) is 25.3 Å². The normalized spacial score (nSPS) is 27.9. The summed E-state index contributed by atoms with van der Waals surface area (Å²) >= 11 is 0. The van der Waals surface area contributed by atoms with Crippen molar-refractivity contribution in [3.8, 4) is 0 Å². The van der Waals surface area contributed by atoms with Crippen molar-refractivity contribution in [1.29, 1.82) is 0 Å². The number of ether oxygens (including phenoxy) is 1. The maximum atomic E-state index is 6.08. The SMILES string of the molecule is CCCNC(C)COC1CCCCC1CC. The van der Waals surface area contributed by atoms with Gasteiger partial charge in [-0.1, -0.05) is 33.1 Å². The molecular formula is C14H29NO. The lowest BCUT2D eigenvalue weighted by atomic mass is 9.85. The van der Waals surface area contributed by atoms with E-state index in [-0.39, 0.29) is 0 Å². The molecule has 3 atom stereocenters. The van der Waals surface area contributed by atoms with E-state index in [1.807, 2.05) is 0 Å². The van der Waals surface area contributed by atoms with Crippen molar-refractivity contribution < 1.29 is 4.74 Å². The number of rotatable bonds is 7. The molecule has 2 nitrogen and oxygen atoms in total. The van der Waals surface area contributed by atoms with E-state index in [2.05, 4.69) is 26.1 Å². The molecule has 2 heteroatoms. The molecule has 1 fully saturated rings. The Morgan fingerprint density at radius 2 is 2.00 bits per heavy atom. The summed E-state index contributed by atoms with van der Waals surface area (Å²) in [6.07, 6.45) is 8.42. The predicted octanol–water partition coefficient (Wildman–Crippen LogP) is 3.36. The molecule has 0 spiro atoms. The Morgan fingerprint density at radius 1 is 1.25 bits per heavy atom. The first-order valence-corrected chi connectivity index (χ1v) is 7.12. The third-order valence-electron chi connectivity index (χ3n) is 3.67. The zero-order valence-corrected chi connectivity index (χ0v) is 11.3. The Labute approximate surface area is 101 Å². The maximum absolute atomic E-state index is 6.08. The molecule has 0 amide bonds. The number of hydrogen-bond donors (Lipinski definition) is 1. The first-order chi connectivity index (χ1) is 7.77. The van der Waals surface area contributed by atoms with E-state index in [0.717, 1.165) is 19.1 Å². The summed E-state index contributed by atoms with van der Waals surface area (Å²) in [6, 6.07) is 0.499. The first-order valence-electron chi connectivity index (χ1n) is 7.12. The van der Waals surface area contributed by atoms with Crippen LogP contribution in [0.3, 0.4) is 0 Å². The Hall–Kier alpha value is -0.0800. The predicted molar refractivity (Wildman–Crippen MR) is 69.7 cm³/mol. The second-order valence-electron chi connectivity index (χ2n) is 5.18. The number of nitrogens with one attached hydrogen (secondary N) is 1. The Balaban J connectivity index is 2.18. The maximum Gasteiger partial charge on any atom is 0.0620 e. The molecule has 1 aliphatic rings. The van der Waals surface area contributed by atoms with Crippen molar-refractivity contribution >= 4 is 0 Å². The van der Waals surface area contributed by atoms with E-state index in [9.17, 15) is 0 Å². The zero-order chi connectivity index (χ0) is 11.8. The summed E-state index contributed by atoms with van der Waals surface area (Å²) in [5.74, 6) is 0.812. The van der Waals surface area contributed by atoms with Crippen molar-refractivity contribution in [2.45, 2.75) is 71.4 Å². The molecule has 16 heavy (non-hydrogen) atoms. The molecule has 1 rings (SSSR count). The van der Waals surface area contributed by atoms with Crippen LogP contribution in [0.4, 0.5) is 0 Å². The van der Waals surface area contributed by atoms with E-state index < -0.39 is 0 Å². The van der Waals surface area contributed by atoms with Gasteiger partial charge in [0.25, 0.3) is 0 Å². The molecule has 1 aliphatic carbocycles. The van der Waals surface area contributed by atoms with Gasteiger partial charge in [-0.15, -0.1) is 0 Å². The average molecular weight is 227 g/mol. The number of hydrogen-bond acceptors (Lipinski definition) is 2. The molecule has 0 radical (unpaired) electrons. The molecule has 0 saturated heterocycles. The van der Waals surface area contributed by atoms with Crippen LogP contribution < -0.4 is 5.32 Å². The van der Waals surface area contributed by atoms with Crippen LogP contribution in [0, 0.1) is 5.92 Å². The van der Waals surface area contributed by atoms with Crippen molar-refractivity contribution in [2.24, 2.45) is 5.92 Å². The topological polar surface area (TPSA) is 21.3 Å². The molecule has 3 unspecified atom stereocenters. The van der Waals surface area contributed by atoms with Gasteiger partial charge in [0.1, 0.15) is 0 Å². The van der Waals surface area contributed by atoms with E-state index in [1.165, 1.54) is 38.5 Å². The van der Waals surface area contributed by atoms with Crippen molar-refractivity contribution in [3.05, 3.63) is 0 Å². The second-order valence-corrected chi connectivity index (χ2v) is 5.18. The highest BCUT2D eigenvalue weighted by Crippen LogP contribution is 2.29. The summed E-state index contributed by atoms with van der Waals surface area (Å²) in [7, 11) is 0. The van der Waals surface area contributed by atoms with Crippen LogP contribution in [0.2, 0.25) is 0 Å². The second kappa shape index (κ2) is 8.08. The molecule has 0 aromatic heterocycles. The van der Waals surface area contributed by atoms with E-state index >= 15 is 0 Å². The van der Waals surface area contributed by atoms with Crippen LogP contribution in [0.15, 0.2) is 0 Å². The molecule has 0 aromatic rings. The van der Waals surface area contributed by atoms with Crippen molar-refractivity contribution in [2.75, 3.05) is 13.2 Å². The van der Waals surface area contributed by atoms with Gasteiger partial charge in [0, 0.05) is 6.04 Å². The largest absolute Gasteiger partial charge is 0.376 e. The highest BCUT2D eigenvalue weighted by Gasteiger charge is 2.24. The van der Waals surface area contributed by atoms with Crippen molar-refractivity contribution in [1.82, 2.24) is 5.32 Å². The fourth-order valence-corrected chi connectivity index (χ4v) is 2.58. The summed E-state index contributed by atoms with van der Waals surface area (Å²) in [5, 5.41) is 3.48. The summed E-state index contributed by atoms with van der Waals surface area (Å²) in [6.45, 7) is 8.70. The van der Waals surface area contributed by atoms with Gasteiger partial charge < -0.3 is 10.1 Å². The van der Waals surface area contributed by atoms with Crippen LogP contribution in [0.5, 0.6) is 0 Å². The van der Waals surface area contributed by atoms with Gasteiger partial charge in [-0.05, 0) is 38.6 Å². The summed E-state index contributed by atoms with van der Waals surface area (Å²) in [4.78, 5) is 0. The van der Waals surface area contributed by atoms with Crippen LogP contribution >= 0.6 is 0 Å². The van der Waals surface area contributed by atoms with Gasteiger partial charge in [0.15, 0.2) is 0 Å². The van der Waals surface area contributed by atoms with E-state index in [0.29, 0.717) is 12.1 Å². The van der Waals surface area contributed by atoms with Crippen LogP contribution in [0.25, 0.3) is 0 Å². The Morgan fingerprint density at radius 3 is 2.69 bits per heavy atom. The lowest BCUT2D eigenvalue weighted by Gasteiger charge is -2.31. The van der Waals surface area contributed by atoms with Crippen LogP contribution in [-0.2, 0) is 4.74 Å². The summed E-state index contributed by atoms with van der Waals surface area (Å²) < 4.78 is 6.08. The molecule has 1 saturated carbocycles. The van der Waals surface area contributed by atoms with Gasteiger partial charge in [0.2, 0.25) is 0 Å². The lowest BCUT2D eigenvalue weighted by Crippen LogP contribution is -2.35. The molecule has 1 N–H and O–H groups in total. The minimum Gasteiger partial charge on any atom is -0.376 e. The third-order valence-corrected chi connectivity index (χ3v) is 3.67. The minimum atomic E-state index is 0.499.